The van der Waals surface area contributed by atoms with E-state index in [1.165, 1.54) is 6.42 Å². The van der Waals surface area contributed by atoms with Crippen LogP contribution < -0.4 is 10.6 Å². The highest BCUT2D eigenvalue weighted by Crippen LogP contribution is 2.42. The molecule has 0 aliphatic heterocycles. The Morgan fingerprint density at radius 1 is 1.11 bits per heavy atom. The Bertz CT molecular complexity index is 995. The second-order valence-electron chi connectivity index (χ2n) is 12.6. The molecule has 1 aromatic rings. The quantitative estimate of drug-likeness (QED) is 0.414. The van der Waals surface area contributed by atoms with E-state index in [2.05, 4.69) is 17.6 Å². The van der Waals surface area contributed by atoms with E-state index < -0.39 is 23.8 Å². The van der Waals surface area contributed by atoms with E-state index >= 15 is 0 Å². The first kappa shape index (κ1) is 30.0. The number of alkyl carbamates (subject to hydrolysis) is 1. The lowest BCUT2D eigenvalue weighted by atomic mass is 9.91. The van der Waals surface area contributed by atoms with Gasteiger partial charge in [-0.15, -0.1) is 0 Å². The Kier molecular flexibility index (Phi) is 9.88. The van der Waals surface area contributed by atoms with Crippen molar-refractivity contribution in [1.29, 1.82) is 0 Å². The summed E-state index contributed by atoms with van der Waals surface area (Å²) in [4.78, 5) is 43.2. The molecule has 0 bridgehead atoms. The third-order valence-corrected chi connectivity index (χ3v) is 8.25. The molecule has 212 valence electrons. The van der Waals surface area contributed by atoms with Gasteiger partial charge in [-0.1, -0.05) is 64.7 Å². The number of ether oxygens (including phenoxy) is 1. The molecule has 7 heteroatoms. The van der Waals surface area contributed by atoms with Crippen LogP contribution in [0.15, 0.2) is 18.2 Å². The van der Waals surface area contributed by atoms with Crippen LogP contribution >= 0.6 is 0 Å². The highest BCUT2D eigenvalue weighted by atomic mass is 16.6. The summed E-state index contributed by atoms with van der Waals surface area (Å²) in [6.07, 6.45) is 6.27. The first-order valence-corrected chi connectivity index (χ1v) is 14.5. The molecule has 5 unspecified atom stereocenters. The van der Waals surface area contributed by atoms with Gasteiger partial charge in [0.05, 0.1) is 0 Å². The Labute approximate surface area is 229 Å². The lowest BCUT2D eigenvalue weighted by molar-refractivity contribution is -0.144. The van der Waals surface area contributed by atoms with E-state index in [1.807, 2.05) is 45.9 Å². The van der Waals surface area contributed by atoms with Gasteiger partial charge >= 0.3 is 6.09 Å². The molecule has 2 aliphatic rings. The molecule has 0 spiro atoms. The van der Waals surface area contributed by atoms with Crippen LogP contribution in [0.3, 0.4) is 0 Å². The average molecular weight is 528 g/mol. The summed E-state index contributed by atoms with van der Waals surface area (Å²) in [7, 11) is 0. The monoisotopic (exact) mass is 527 g/mol. The van der Waals surface area contributed by atoms with Gasteiger partial charge < -0.3 is 20.3 Å². The molecular weight excluding hydrogens is 478 g/mol. The SMILES string of the molecule is CCC(C)C(NC(=O)OC(C)(C)C)C(=O)N(C(C(=O)NC1CCCCC1)c1cccc(C)c1C)C1CC1C. The summed E-state index contributed by atoms with van der Waals surface area (Å²) in [5, 5.41) is 6.18. The van der Waals surface area contributed by atoms with E-state index in [0.29, 0.717) is 6.42 Å². The number of hydrogen-bond acceptors (Lipinski definition) is 4. The molecule has 7 nitrogen and oxygen atoms in total. The van der Waals surface area contributed by atoms with Crippen molar-refractivity contribution in [2.24, 2.45) is 11.8 Å². The standard InChI is InChI=1S/C31H49N3O4/c1-9-19(2)26(33-30(37)38-31(6,7)8)29(36)34(25-18-21(25)4)27(24-17-13-14-20(3)22(24)5)28(35)32-23-15-11-10-12-16-23/h13-14,17,19,21,23,25-27H,9-12,15-16,18H2,1-8H3,(H,32,35)(H,33,37). The zero-order valence-electron chi connectivity index (χ0n) is 24.7. The summed E-state index contributed by atoms with van der Waals surface area (Å²) >= 11 is 0. The smallest absolute Gasteiger partial charge is 0.408 e. The van der Waals surface area contributed by atoms with Crippen molar-refractivity contribution in [1.82, 2.24) is 15.5 Å². The molecule has 38 heavy (non-hydrogen) atoms. The second-order valence-corrected chi connectivity index (χ2v) is 12.6. The number of aryl methyl sites for hydroxylation is 1. The van der Waals surface area contributed by atoms with Gasteiger partial charge in [-0.2, -0.15) is 0 Å². The van der Waals surface area contributed by atoms with E-state index in [4.69, 9.17) is 4.74 Å². The van der Waals surface area contributed by atoms with Crippen LogP contribution in [-0.4, -0.2) is 46.5 Å². The molecule has 2 aliphatic carbocycles. The number of amides is 3. The van der Waals surface area contributed by atoms with Crippen LogP contribution in [0.1, 0.15) is 109 Å². The number of hydrogen-bond donors (Lipinski definition) is 2. The van der Waals surface area contributed by atoms with Gasteiger partial charge in [-0.25, -0.2) is 4.79 Å². The Balaban J connectivity index is 2.03. The van der Waals surface area contributed by atoms with Crippen molar-refractivity contribution in [3.05, 3.63) is 34.9 Å². The molecule has 3 amide bonds. The zero-order chi connectivity index (χ0) is 28.2. The maximum atomic E-state index is 14.5. The molecule has 0 radical (unpaired) electrons. The van der Waals surface area contributed by atoms with Crippen LogP contribution in [0.4, 0.5) is 4.79 Å². The fraction of sp³-hybridized carbons (Fsp3) is 0.710. The normalized spacial score (nSPS) is 22.1. The van der Waals surface area contributed by atoms with Crippen molar-refractivity contribution >= 4 is 17.9 Å². The predicted molar refractivity (Wildman–Crippen MR) is 151 cm³/mol. The van der Waals surface area contributed by atoms with Gasteiger partial charge in [-0.05, 0) is 82.4 Å². The summed E-state index contributed by atoms with van der Waals surface area (Å²) in [6.45, 7) is 15.5. The van der Waals surface area contributed by atoms with E-state index in [0.717, 1.165) is 48.8 Å². The number of rotatable bonds is 9. The number of nitrogens with one attached hydrogen (secondary N) is 2. The molecule has 2 fully saturated rings. The fourth-order valence-corrected chi connectivity index (χ4v) is 5.46. The van der Waals surface area contributed by atoms with E-state index in [1.54, 1.807) is 25.7 Å². The number of nitrogens with zero attached hydrogens (tertiary/aromatic N) is 1. The summed E-state index contributed by atoms with van der Waals surface area (Å²) in [5.74, 6) is -0.192. The Morgan fingerprint density at radius 2 is 1.74 bits per heavy atom. The van der Waals surface area contributed by atoms with Crippen molar-refractivity contribution in [3.63, 3.8) is 0 Å². The Morgan fingerprint density at radius 3 is 2.29 bits per heavy atom. The van der Waals surface area contributed by atoms with Crippen molar-refractivity contribution in [2.75, 3.05) is 0 Å². The van der Waals surface area contributed by atoms with Crippen LogP contribution in [0.2, 0.25) is 0 Å². The van der Waals surface area contributed by atoms with Gasteiger partial charge in [-0.3, -0.25) is 9.59 Å². The summed E-state index contributed by atoms with van der Waals surface area (Å²) in [5.41, 5.74) is 2.27. The van der Waals surface area contributed by atoms with Crippen LogP contribution in [0, 0.1) is 25.7 Å². The minimum absolute atomic E-state index is 0.0588. The lowest BCUT2D eigenvalue weighted by Gasteiger charge is -2.38. The highest BCUT2D eigenvalue weighted by Gasteiger charge is 2.49. The fourth-order valence-electron chi connectivity index (χ4n) is 5.46. The van der Waals surface area contributed by atoms with Crippen LogP contribution in [-0.2, 0) is 14.3 Å². The molecule has 0 aromatic heterocycles. The second kappa shape index (κ2) is 12.5. The van der Waals surface area contributed by atoms with Gasteiger partial charge in [0.2, 0.25) is 11.8 Å². The highest BCUT2D eigenvalue weighted by molar-refractivity contribution is 5.93. The summed E-state index contributed by atoms with van der Waals surface area (Å²) in [6, 6.07) is 4.48. The molecule has 1 aromatic carbocycles. The molecule has 3 rings (SSSR count). The van der Waals surface area contributed by atoms with Gasteiger partial charge in [0, 0.05) is 12.1 Å². The van der Waals surface area contributed by atoms with E-state index in [9.17, 15) is 14.4 Å². The molecule has 2 N–H and O–H groups in total. The maximum absolute atomic E-state index is 14.5. The van der Waals surface area contributed by atoms with Gasteiger partial charge in [0.1, 0.15) is 17.7 Å². The molecule has 2 saturated carbocycles. The van der Waals surface area contributed by atoms with Crippen LogP contribution in [0.25, 0.3) is 0 Å². The van der Waals surface area contributed by atoms with Crippen LogP contribution in [0.5, 0.6) is 0 Å². The number of carbonyl (C=O) groups is 3. The largest absolute Gasteiger partial charge is 0.444 e. The van der Waals surface area contributed by atoms with E-state index in [-0.39, 0.29) is 35.7 Å². The number of benzene rings is 1. The van der Waals surface area contributed by atoms with Gasteiger partial charge in [0.25, 0.3) is 0 Å². The Hall–Kier alpha value is -2.57. The lowest BCUT2D eigenvalue weighted by Crippen LogP contribution is -2.56. The van der Waals surface area contributed by atoms with Crippen molar-refractivity contribution in [3.8, 4) is 0 Å². The third-order valence-electron chi connectivity index (χ3n) is 8.25. The first-order chi connectivity index (χ1) is 17.8. The molecule has 0 saturated heterocycles. The minimum atomic E-state index is -0.794. The minimum Gasteiger partial charge on any atom is -0.444 e. The maximum Gasteiger partial charge on any atom is 0.408 e. The van der Waals surface area contributed by atoms with Crippen molar-refractivity contribution < 1.29 is 19.1 Å². The molecule has 0 heterocycles. The van der Waals surface area contributed by atoms with Crippen molar-refractivity contribution in [2.45, 2.75) is 130 Å². The predicted octanol–water partition coefficient (Wildman–Crippen LogP) is 5.97. The summed E-state index contributed by atoms with van der Waals surface area (Å²) < 4.78 is 5.52. The third kappa shape index (κ3) is 7.51. The topological polar surface area (TPSA) is 87.7 Å². The molecule has 5 atom stereocenters. The molecular formula is C31H49N3O4. The average Bonchev–Trinajstić information content (AvgIpc) is 3.57. The van der Waals surface area contributed by atoms with Gasteiger partial charge in [0.15, 0.2) is 0 Å². The number of carbonyl (C=O) groups excluding carboxylic acids is 3. The first-order valence-electron chi connectivity index (χ1n) is 14.5. The zero-order valence-corrected chi connectivity index (χ0v) is 24.7.